The highest BCUT2D eigenvalue weighted by atomic mass is 19.1. The zero-order valence-electron chi connectivity index (χ0n) is 27.1. The SMILES string of the molecule is CCN1CCN(C(C)(C)/C=C(\C#N)C(=O)N2CCC[C@H]2Cn2nc(-c3ccc(Oc4ccccc4)cc3F)c3c(N)ncnc32)CC1. The maximum absolute atomic E-state index is 15.6. The summed E-state index contributed by atoms with van der Waals surface area (Å²) in [7, 11) is 0. The fourth-order valence-electron chi connectivity index (χ4n) is 6.60. The zero-order chi connectivity index (χ0) is 33.1. The number of benzene rings is 2. The Morgan fingerprint density at radius 3 is 2.57 bits per heavy atom. The molecule has 12 heteroatoms. The fourth-order valence-corrected chi connectivity index (χ4v) is 6.60. The van der Waals surface area contributed by atoms with Crippen LogP contribution in [0.1, 0.15) is 33.6 Å². The number of piperazine rings is 1. The number of hydrogen-bond donors (Lipinski definition) is 1. The number of likely N-dealkylation sites (tertiary alicyclic amines) is 1. The molecular weight excluding hydrogens is 597 g/mol. The molecule has 2 fully saturated rings. The number of rotatable bonds is 9. The molecular formula is C35H40FN9O2. The van der Waals surface area contributed by atoms with Crippen LogP contribution in [0.2, 0.25) is 0 Å². The Morgan fingerprint density at radius 1 is 1.11 bits per heavy atom. The van der Waals surface area contributed by atoms with Gasteiger partial charge in [-0.25, -0.2) is 19.0 Å². The topological polar surface area (TPSA) is 129 Å². The molecule has 0 spiro atoms. The Morgan fingerprint density at radius 2 is 1.87 bits per heavy atom. The van der Waals surface area contributed by atoms with Gasteiger partial charge in [0.1, 0.15) is 46.8 Å². The van der Waals surface area contributed by atoms with E-state index in [-0.39, 0.29) is 28.9 Å². The van der Waals surface area contributed by atoms with Crippen molar-refractivity contribution >= 4 is 22.8 Å². The number of para-hydroxylation sites is 1. The van der Waals surface area contributed by atoms with Crippen LogP contribution in [0.5, 0.6) is 11.5 Å². The number of likely N-dealkylation sites (N-methyl/N-ethyl adjacent to an activating group) is 1. The minimum Gasteiger partial charge on any atom is -0.457 e. The summed E-state index contributed by atoms with van der Waals surface area (Å²) in [6.07, 6.45) is 4.68. The number of hydrogen-bond acceptors (Lipinski definition) is 9. The van der Waals surface area contributed by atoms with Gasteiger partial charge < -0.3 is 20.3 Å². The minimum absolute atomic E-state index is 0.136. The number of nitrogens with zero attached hydrogens (tertiary/aromatic N) is 8. The summed E-state index contributed by atoms with van der Waals surface area (Å²) >= 11 is 0. The molecule has 2 aliphatic rings. The van der Waals surface area contributed by atoms with Crippen molar-refractivity contribution in [2.45, 2.75) is 51.7 Å². The zero-order valence-corrected chi connectivity index (χ0v) is 27.1. The maximum Gasteiger partial charge on any atom is 0.264 e. The van der Waals surface area contributed by atoms with Crippen molar-refractivity contribution in [3.05, 3.63) is 72.3 Å². The van der Waals surface area contributed by atoms with Crippen molar-refractivity contribution in [1.29, 1.82) is 5.26 Å². The number of halogens is 1. The highest BCUT2D eigenvalue weighted by molar-refractivity contribution is 5.99. The molecule has 2 N–H and O–H groups in total. The molecule has 11 nitrogen and oxygen atoms in total. The number of ether oxygens (including phenoxy) is 1. The molecule has 1 amide bonds. The molecule has 2 saturated heterocycles. The van der Waals surface area contributed by atoms with Gasteiger partial charge in [-0.3, -0.25) is 9.69 Å². The van der Waals surface area contributed by atoms with E-state index < -0.39 is 11.4 Å². The van der Waals surface area contributed by atoms with Crippen molar-refractivity contribution in [3.63, 3.8) is 0 Å². The van der Waals surface area contributed by atoms with E-state index in [0.29, 0.717) is 41.3 Å². The second-order valence-electron chi connectivity index (χ2n) is 12.6. The lowest BCUT2D eigenvalue weighted by atomic mass is 9.97. The Labute approximate surface area is 274 Å². The number of fused-ring (bicyclic) bond motifs is 1. The Balaban J connectivity index is 1.25. The van der Waals surface area contributed by atoms with Gasteiger partial charge >= 0.3 is 0 Å². The largest absolute Gasteiger partial charge is 0.457 e. The number of nitrogen functional groups attached to an aromatic ring is 1. The lowest BCUT2D eigenvalue weighted by Gasteiger charge is -2.42. The van der Waals surface area contributed by atoms with Crippen LogP contribution in [0.3, 0.4) is 0 Å². The maximum atomic E-state index is 15.6. The summed E-state index contributed by atoms with van der Waals surface area (Å²) in [5, 5.41) is 15.3. The van der Waals surface area contributed by atoms with Gasteiger partial charge in [-0.2, -0.15) is 10.4 Å². The molecule has 4 heterocycles. The van der Waals surface area contributed by atoms with E-state index in [1.54, 1.807) is 33.8 Å². The summed E-state index contributed by atoms with van der Waals surface area (Å²) in [4.78, 5) is 28.9. The number of carbonyl (C=O) groups is 1. The Hall–Kier alpha value is -4.86. The van der Waals surface area contributed by atoms with Gasteiger partial charge in [0.05, 0.1) is 18.0 Å². The van der Waals surface area contributed by atoms with Crippen molar-refractivity contribution in [2.24, 2.45) is 0 Å². The highest BCUT2D eigenvalue weighted by Gasteiger charge is 2.35. The van der Waals surface area contributed by atoms with Gasteiger partial charge in [0.2, 0.25) is 0 Å². The van der Waals surface area contributed by atoms with Crippen LogP contribution in [-0.4, -0.2) is 91.2 Å². The Bertz CT molecular complexity index is 1820. The molecule has 2 aliphatic heterocycles. The van der Waals surface area contributed by atoms with Crippen LogP contribution < -0.4 is 10.5 Å². The Kier molecular flexibility index (Phi) is 9.20. The van der Waals surface area contributed by atoms with Gasteiger partial charge in [-0.05, 0) is 63.6 Å². The third-order valence-electron chi connectivity index (χ3n) is 9.24. The van der Waals surface area contributed by atoms with E-state index >= 15 is 4.39 Å². The van der Waals surface area contributed by atoms with Crippen LogP contribution in [-0.2, 0) is 11.3 Å². The first-order valence-electron chi connectivity index (χ1n) is 16.1. The van der Waals surface area contributed by atoms with Crippen molar-refractivity contribution in [1.82, 2.24) is 34.4 Å². The number of nitrogens with two attached hydrogens (primary N) is 1. The van der Waals surface area contributed by atoms with E-state index in [0.717, 1.165) is 45.6 Å². The third kappa shape index (κ3) is 6.68. The van der Waals surface area contributed by atoms with Gasteiger partial charge in [-0.1, -0.05) is 25.1 Å². The molecule has 0 bridgehead atoms. The van der Waals surface area contributed by atoms with Gasteiger partial charge in [-0.15, -0.1) is 0 Å². The third-order valence-corrected chi connectivity index (χ3v) is 9.24. The van der Waals surface area contributed by atoms with Crippen molar-refractivity contribution < 1.29 is 13.9 Å². The average molecular weight is 638 g/mol. The van der Waals surface area contributed by atoms with Crippen LogP contribution in [0.4, 0.5) is 10.2 Å². The number of carbonyl (C=O) groups excluding carboxylic acids is 1. The summed E-state index contributed by atoms with van der Waals surface area (Å²) in [5.74, 6) is 0.291. The number of aromatic nitrogens is 4. The minimum atomic E-state index is -0.534. The lowest BCUT2D eigenvalue weighted by Crippen LogP contribution is -2.54. The van der Waals surface area contributed by atoms with E-state index in [1.165, 1.54) is 12.4 Å². The second-order valence-corrected chi connectivity index (χ2v) is 12.6. The molecule has 6 rings (SSSR count). The van der Waals surface area contributed by atoms with Gasteiger partial charge in [0.25, 0.3) is 5.91 Å². The normalized spacial score (nSPS) is 18.1. The second kappa shape index (κ2) is 13.5. The summed E-state index contributed by atoms with van der Waals surface area (Å²) in [6, 6.07) is 15.7. The predicted octanol–water partition coefficient (Wildman–Crippen LogP) is 4.86. The molecule has 244 valence electrons. The quantitative estimate of drug-likeness (QED) is 0.202. The predicted molar refractivity (Wildman–Crippen MR) is 178 cm³/mol. The molecule has 4 aromatic rings. The lowest BCUT2D eigenvalue weighted by molar-refractivity contribution is -0.127. The molecule has 2 aromatic carbocycles. The molecule has 47 heavy (non-hydrogen) atoms. The van der Waals surface area contributed by atoms with Crippen LogP contribution >= 0.6 is 0 Å². The van der Waals surface area contributed by atoms with Crippen LogP contribution in [0.25, 0.3) is 22.3 Å². The van der Waals surface area contributed by atoms with E-state index in [4.69, 9.17) is 15.6 Å². The number of anilines is 1. The molecule has 2 aromatic heterocycles. The average Bonchev–Trinajstić information content (AvgIpc) is 3.69. The first-order valence-corrected chi connectivity index (χ1v) is 16.1. The van der Waals surface area contributed by atoms with Crippen molar-refractivity contribution in [2.75, 3.05) is 45.0 Å². The highest BCUT2D eigenvalue weighted by Crippen LogP contribution is 2.35. The summed E-state index contributed by atoms with van der Waals surface area (Å²) in [5.41, 5.74) is 6.96. The van der Waals surface area contributed by atoms with Crippen LogP contribution in [0.15, 0.2) is 66.5 Å². The van der Waals surface area contributed by atoms with Gasteiger partial charge in [0.15, 0.2) is 5.65 Å². The van der Waals surface area contributed by atoms with Crippen LogP contribution in [0, 0.1) is 17.1 Å². The molecule has 0 radical (unpaired) electrons. The summed E-state index contributed by atoms with van der Waals surface area (Å²) < 4.78 is 23.1. The first kappa shape index (κ1) is 32.1. The first-order chi connectivity index (χ1) is 22.7. The van der Waals surface area contributed by atoms with E-state index in [9.17, 15) is 10.1 Å². The van der Waals surface area contributed by atoms with Crippen molar-refractivity contribution in [3.8, 4) is 28.8 Å². The van der Waals surface area contributed by atoms with Gasteiger partial charge in [0, 0.05) is 49.9 Å². The smallest absolute Gasteiger partial charge is 0.264 e. The molecule has 0 saturated carbocycles. The molecule has 0 unspecified atom stereocenters. The number of amides is 1. The fraction of sp³-hybridized carbons (Fsp3) is 0.400. The van der Waals surface area contributed by atoms with E-state index in [2.05, 4.69) is 46.6 Å². The van der Waals surface area contributed by atoms with E-state index in [1.807, 2.05) is 24.3 Å². The standard InChI is InChI=1S/C35H40FN9O2/c1-4-42-15-17-43(18-16-42)35(2,3)20-24(21-37)34(46)44-14-8-9-25(44)22-45-33-30(32(38)39-23-40-33)31(41-45)28-13-12-27(19-29(28)36)47-26-10-6-5-7-11-26/h5-7,10-13,19-20,23,25H,4,8-9,14-18,22H2,1-3H3,(H2,38,39,40)/b24-20+/t25-/m0/s1. The summed E-state index contributed by atoms with van der Waals surface area (Å²) in [6.45, 7) is 11.8. The molecule has 0 aliphatic carbocycles. The monoisotopic (exact) mass is 637 g/mol. The molecule has 1 atom stereocenters. The number of nitriles is 1.